The van der Waals surface area contributed by atoms with Gasteiger partial charge in [-0.2, -0.15) is 5.26 Å². The van der Waals surface area contributed by atoms with E-state index < -0.39 is 12.1 Å². The largest absolute Gasteiger partial charge is 0.420 e. The number of hydrogen-bond donors (Lipinski definition) is 2. The van der Waals surface area contributed by atoms with E-state index in [9.17, 15) is 14.9 Å². The van der Waals surface area contributed by atoms with Crippen LogP contribution in [-0.4, -0.2) is 42.3 Å². The molecule has 1 aliphatic heterocycles. The Morgan fingerprint density at radius 3 is 2.73 bits per heavy atom. The van der Waals surface area contributed by atoms with Gasteiger partial charge in [0.2, 0.25) is 0 Å². The van der Waals surface area contributed by atoms with Gasteiger partial charge in [-0.1, -0.05) is 30.3 Å². The van der Waals surface area contributed by atoms with Crippen LogP contribution in [0.1, 0.15) is 31.9 Å². The monoisotopic (exact) mass is 448 g/mol. The molecule has 1 aliphatic rings. The molecule has 1 unspecified atom stereocenters. The summed E-state index contributed by atoms with van der Waals surface area (Å²) < 4.78 is 12.5. The highest BCUT2D eigenvalue weighted by Gasteiger charge is 2.23. The fourth-order valence-electron chi connectivity index (χ4n) is 4.05. The second-order valence-electron chi connectivity index (χ2n) is 8.52. The van der Waals surface area contributed by atoms with E-state index in [1.54, 1.807) is 4.57 Å². The van der Waals surface area contributed by atoms with Gasteiger partial charge in [0, 0.05) is 25.6 Å². The Labute approximate surface area is 192 Å². The smallest absolute Gasteiger partial charge is 0.408 e. The third-order valence-corrected chi connectivity index (χ3v) is 5.77. The lowest BCUT2D eigenvalue weighted by molar-refractivity contribution is -0.132. The topological polar surface area (TPSA) is 109 Å². The number of rotatable bonds is 6. The van der Waals surface area contributed by atoms with Crippen molar-refractivity contribution in [2.75, 3.05) is 19.7 Å². The van der Waals surface area contributed by atoms with Gasteiger partial charge in [-0.25, -0.2) is 4.79 Å². The molecule has 0 spiro atoms. The standard InChI is InChI=1S/C25H28N4O4/c1-16(2)29-21-13-19(8-9-22(21)33-25(29)31)18-6-4-17(5-7-18)12-20(14-26)28-24(30)23-15-27-10-3-11-32-23/h4-9,13,16,20,23,27H,3,10-12,15H2,1-2H3,(H,28,30)/t20-,23?/m0/s1. The summed E-state index contributed by atoms with van der Waals surface area (Å²) in [6.45, 7) is 5.69. The number of nitriles is 1. The molecule has 1 aromatic heterocycles. The fraction of sp³-hybridized carbons (Fsp3) is 0.400. The summed E-state index contributed by atoms with van der Waals surface area (Å²) in [5, 5.41) is 15.5. The van der Waals surface area contributed by atoms with Gasteiger partial charge >= 0.3 is 5.76 Å². The molecule has 172 valence electrons. The number of oxazole rings is 1. The number of carbonyl (C=O) groups is 1. The van der Waals surface area contributed by atoms with Crippen LogP contribution in [0.25, 0.3) is 22.2 Å². The molecule has 33 heavy (non-hydrogen) atoms. The van der Waals surface area contributed by atoms with Crippen molar-refractivity contribution in [2.45, 2.75) is 44.9 Å². The van der Waals surface area contributed by atoms with Gasteiger partial charge in [0.15, 0.2) is 5.58 Å². The van der Waals surface area contributed by atoms with Gasteiger partial charge in [0.25, 0.3) is 5.91 Å². The Hall–Kier alpha value is -3.41. The van der Waals surface area contributed by atoms with Gasteiger partial charge in [-0.05, 0) is 55.6 Å². The first-order valence-electron chi connectivity index (χ1n) is 11.2. The quantitative estimate of drug-likeness (QED) is 0.600. The molecule has 0 saturated carbocycles. The van der Waals surface area contributed by atoms with Crippen molar-refractivity contribution >= 4 is 17.0 Å². The molecule has 4 rings (SSSR count). The number of aromatic nitrogens is 1. The fourth-order valence-corrected chi connectivity index (χ4v) is 4.05. The van der Waals surface area contributed by atoms with E-state index in [0.29, 0.717) is 25.2 Å². The van der Waals surface area contributed by atoms with Gasteiger partial charge in [-0.15, -0.1) is 0 Å². The Bertz CT molecular complexity index is 1210. The Morgan fingerprint density at radius 2 is 2.00 bits per heavy atom. The zero-order valence-electron chi connectivity index (χ0n) is 18.8. The summed E-state index contributed by atoms with van der Waals surface area (Å²) in [4.78, 5) is 24.6. The highest BCUT2D eigenvalue weighted by molar-refractivity contribution is 5.82. The Kier molecular flexibility index (Phi) is 6.92. The van der Waals surface area contributed by atoms with Crippen LogP contribution in [0, 0.1) is 11.3 Å². The molecule has 2 heterocycles. The van der Waals surface area contributed by atoms with Crippen LogP contribution in [-0.2, 0) is 16.0 Å². The molecule has 8 nitrogen and oxygen atoms in total. The molecule has 1 fully saturated rings. The summed E-state index contributed by atoms with van der Waals surface area (Å²) in [6.07, 6.45) is 0.684. The average Bonchev–Trinajstić information content (AvgIpc) is 2.96. The maximum absolute atomic E-state index is 12.5. The van der Waals surface area contributed by atoms with E-state index in [0.717, 1.165) is 35.2 Å². The van der Waals surface area contributed by atoms with E-state index in [1.165, 1.54) is 0 Å². The predicted octanol–water partition coefficient (Wildman–Crippen LogP) is 2.77. The van der Waals surface area contributed by atoms with Gasteiger partial charge in [0.1, 0.15) is 12.1 Å². The summed E-state index contributed by atoms with van der Waals surface area (Å²) >= 11 is 0. The molecule has 2 atom stereocenters. The van der Waals surface area contributed by atoms with Gasteiger partial charge < -0.3 is 19.8 Å². The third-order valence-electron chi connectivity index (χ3n) is 5.77. The number of benzene rings is 2. The van der Waals surface area contributed by atoms with Crippen LogP contribution < -0.4 is 16.4 Å². The van der Waals surface area contributed by atoms with E-state index >= 15 is 0 Å². The van der Waals surface area contributed by atoms with Crippen LogP contribution in [0.5, 0.6) is 0 Å². The van der Waals surface area contributed by atoms with Gasteiger partial charge in [-0.3, -0.25) is 9.36 Å². The maximum Gasteiger partial charge on any atom is 0.420 e. The minimum absolute atomic E-state index is 0.00586. The SMILES string of the molecule is CC(C)n1c(=O)oc2ccc(-c3ccc(C[C@@H](C#N)NC(=O)C4CNCCCO4)cc3)cc21. The first kappa shape index (κ1) is 22.8. The number of nitrogens with zero attached hydrogens (tertiary/aromatic N) is 2. The minimum atomic E-state index is -0.641. The molecule has 0 radical (unpaired) electrons. The number of ether oxygens (including phenoxy) is 1. The molecule has 0 aliphatic carbocycles. The molecule has 1 amide bonds. The summed E-state index contributed by atoms with van der Waals surface area (Å²) in [5.74, 6) is -0.626. The molecule has 2 N–H and O–H groups in total. The first-order chi connectivity index (χ1) is 16.0. The van der Waals surface area contributed by atoms with Crippen molar-refractivity contribution in [3.63, 3.8) is 0 Å². The summed E-state index contributed by atoms with van der Waals surface area (Å²) in [5.41, 5.74) is 4.22. The Morgan fingerprint density at radius 1 is 1.24 bits per heavy atom. The van der Waals surface area contributed by atoms with E-state index in [1.807, 2.05) is 56.3 Å². The van der Waals surface area contributed by atoms with Crippen LogP contribution in [0.15, 0.2) is 51.7 Å². The van der Waals surface area contributed by atoms with E-state index in [4.69, 9.17) is 9.15 Å². The van der Waals surface area contributed by atoms with Crippen LogP contribution in [0.3, 0.4) is 0 Å². The molecular weight excluding hydrogens is 420 g/mol. The van der Waals surface area contributed by atoms with E-state index in [-0.39, 0.29) is 17.7 Å². The van der Waals surface area contributed by atoms with Crippen molar-refractivity contribution in [3.05, 3.63) is 58.6 Å². The second-order valence-corrected chi connectivity index (χ2v) is 8.52. The zero-order valence-corrected chi connectivity index (χ0v) is 18.8. The summed E-state index contributed by atoms with van der Waals surface area (Å²) in [6, 6.07) is 15.1. The first-order valence-corrected chi connectivity index (χ1v) is 11.2. The molecular formula is C25H28N4O4. The number of hydrogen-bond acceptors (Lipinski definition) is 6. The predicted molar refractivity (Wildman–Crippen MR) is 125 cm³/mol. The van der Waals surface area contributed by atoms with Crippen LogP contribution >= 0.6 is 0 Å². The second kappa shape index (κ2) is 10.0. The number of carbonyl (C=O) groups excluding carboxylic acids is 1. The van der Waals surface area contributed by atoms with Crippen molar-refractivity contribution in [2.24, 2.45) is 0 Å². The molecule has 0 bridgehead atoms. The number of nitrogens with one attached hydrogen (secondary N) is 2. The maximum atomic E-state index is 12.5. The van der Waals surface area contributed by atoms with Crippen molar-refractivity contribution in [1.29, 1.82) is 5.26 Å². The highest BCUT2D eigenvalue weighted by Crippen LogP contribution is 2.26. The summed E-state index contributed by atoms with van der Waals surface area (Å²) in [7, 11) is 0. The van der Waals surface area contributed by atoms with Crippen LogP contribution in [0.2, 0.25) is 0 Å². The van der Waals surface area contributed by atoms with Gasteiger partial charge in [0.05, 0.1) is 11.6 Å². The highest BCUT2D eigenvalue weighted by atomic mass is 16.5. The van der Waals surface area contributed by atoms with Crippen molar-refractivity contribution in [1.82, 2.24) is 15.2 Å². The number of fused-ring (bicyclic) bond motifs is 1. The van der Waals surface area contributed by atoms with Crippen molar-refractivity contribution < 1.29 is 13.9 Å². The normalized spacial score (nSPS) is 17.5. The molecule has 2 aromatic carbocycles. The lowest BCUT2D eigenvalue weighted by Gasteiger charge is -2.18. The minimum Gasteiger partial charge on any atom is -0.408 e. The zero-order chi connectivity index (χ0) is 23.4. The molecule has 8 heteroatoms. The number of amides is 1. The van der Waals surface area contributed by atoms with Crippen LogP contribution in [0.4, 0.5) is 0 Å². The molecule has 1 saturated heterocycles. The van der Waals surface area contributed by atoms with Crippen molar-refractivity contribution in [3.8, 4) is 17.2 Å². The lowest BCUT2D eigenvalue weighted by atomic mass is 10.0. The third kappa shape index (κ3) is 5.16. The Balaban J connectivity index is 1.46. The van der Waals surface area contributed by atoms with E-state index in [2.05, 4.69) is 16.7 Å². The molecule has 3 aromatic rings. The lowest BCUT2D eigenvalue weighted by Crippen LogP contribution is -2.46. The average molecular weight is 449 g/mol.